The largest absolute Gasteiger partial charge is 0.299 e. The number of piperidine rings is 1. The molecular formula is C28H27N5. The third-order valence-corrected chi connectivity index (χ3v) is 6.55. The van der Waals surface area contributed by atoms with Crippen LogP contribution in [0.3, 0.4) is 0 Å². The van der Waals surface area contributed by atoms with E-state index in [2.05, 4.69) is 69.6 Å². The summed E-state index contributed by atoms with van der Waals surface area (Å²) in [6.45, 7) is 5.43. The zero-order valence-corrected chi connectivity index (χ0v) is 18.9. The predicted molar refractivity (Wildman–Crippen MR) is 133 cm³/mol. The molecule has 5 aromatic rings. The Balaban J connectivity index is 1.47. The second-order valence-electron chi connectivity index (χ2n) is 9.01. The summed E-state index contributed by atoms with van der Waals surface area (Å²) in [4.78, 5) is 12.3. The van der Waals surface area contributed by atoms with Crippen LogP contribution in [-0.2, 0) is 6.54 Å². The number of aryl methyl sites for hydroxylation is 1. The van der Waals surface area contributed by atoms with Crippen molar-refractivity contribution in [1.82, 2.24) is 24.5 Å². The summed E-state index contributed by atoms with van der Waals surface area (Å²) in [6.07, 6.45) is 5.89. The summed E-state index contributed by atoms with van der Waals surface area (Å²) in [5.41, 5.74) is 8.30. The highest BCUT2D eigenvalue weighted by atomic mass is 15.3. The van der Waals surface area contributed by atoms with Crippen LogP contribution in [0.25, 0.3) is 39.1 Å². The zero-order valence-electron chi connectivity index (χ0n) is 18.9. The molecule has 1 fully saturated rings. The number of hydrogen-bond donors (Lipinski definition) is 0. The molecule has 0 saturated carbocycles. The zero-order chi connectivity index (χ0) is 22.2. The molecule has 0 bridgehead atoms. The number of aromatic nitrogens is 4. The Morgan fingerprint density at radius 1 is 0.848 bits per heavy atom. The first-order valence-corrected chi connectivity index (χ1v) is 11.8. The molecule has 0 radical (unpaired) electrons. The Morgan fingerprint density at radius 3 is 2.42 bits per heavy atom. The maximum atomic E-state index is 5.16. The van der Waals surface area contributed by atoms with Gasteiger partial charge in [0.1, 0.15) is 0 Å². The molecule has 0 aliphatic carbocycles. The van der Waals surface area contributed by atoms with E-state index in [1.54, 1.807) is 0 Å². The van der Waals surface area contributed by atoms with Gasteiger partial charge in [-0.25, -0.2) is 9.97 Å². The van der Waals surface area contributed by atoms with Crippen molar-refractivity contribution in [3.8, 4) is 22.4 Å². The number of likely N-dealkylation sites (tertiary alicyclic amines) is 1. The van der Waals surface area contributed by atoms with Crippen molar-refractivity contribution >= 4 is 16.7 Å². The lowest BCUT2D eigenvalue weighted by Gasteiger charge is -2.26. The fourth-order valence-corrected chi connectivity index (χ4v) is 4.85. The molecule has 2 aromatic carbocycles. The van der Waals surface area contributed by atoms with Gasteiger partial charge in [-0.05, 0) is 50.0 Å². The van der Waals surface area contributed by atoms with Crippen LogP contribution in [0.2, 0.25) is 0 Å². The smallest absolute Gasteiger partial charge is 0.165 e. The monoisotopic (exact) mass is 433 g/mol. The molecule has 5 nitrogen and oxygen atoms in total. The van der Waals surface area contributed by atoms with Gasteiger partial charge in [0.2, 0.25) is 0 Å². The standard InChI is InChI=1S/C28H27N5/c1-20-16-26-29-18-24-17-25(22-8-4-2-5-9-22)27(30-28(24)33(26)31-20)23-12-10-21(11-13-23)19-32-14-6-3-7-15-32/h2,4-5,8-13,16-18H,3,6-7,14-15,19H2,1H3. The fraction of sp³-hybridized carbons (Fsp3) is 0.250. The predicted octanol–water partition coefficient (Wildman–Crippen LogP) is 5.91. The topological polar surface area (TPSA) is 46.3 Å². The van der Waals surface area contributed by atoms with Crippen LogP contribution in [0.1, 0.15) is 30.5 Å². The fourth-order valence-electron chi connectivity index (χ4n) is 4.85. The van der Waals surface area contributed by atoms with Gasteiger partial charge in [0.05, 0.1) is 11.4 Å². The van der Waals surface area contributed by atoms with E-state index in [9.17, 15) is 0 Å². The summed E-state index contributed by atoms with van der Waals surface area (Å²) >= 11 is 0. The van der Waals surface area contributed by atoms with Crippen LogP contribution in [0.5, 0.6) is 0 Å². The molecule has 0 N–H and O–H groups in total. The lowest BCUT2D eigenvalue weighted by molar-refractivity contribution is 0.221. The molecule has 164 valence electrons. The van der Waals surface area contributed by atoms with Gasteiger partial charge >= 0.3 is 0 Å². The van der Waals surface area contributed by atoms with E-state index in [0.717, 1.165) is 51.3 Å². The highest BCUT2D eigenvalue weighted by molar-refractivity contribution is 5.90. The number of fused-ring (bicyclic) bond motifs is 3. The van der Waals surface area contributed by atoms with E-state index >= 15 is 0 Å². The van der Waals surface area contributed by atoms with E-state index in [1.807, 2.05) is 29.8 Å². The molecule has 1 saturated heterocycles. The van der Waals surface area contributed by atoms with Gasteiger partial charge in [-0.1, -0.05) is 61.0 Å². The average Bonchev–Trinajstić information content (AvgIpc) is 3.26. The highest BCUT2D eigenvalue weighted by Gasteiger charge is 2.15. The van der Waals surface area contributed by atoms with E-state index in [1.165, 1.54) is 37.9 Å². The number of rotatable bonds is 4. The van der Waals surface area contributed by atoms with Gasteiger partial charge in [-0.15, -0.1) is 0 Å². The van der Waals surface area contributed by atoms with Crippen LogP contribution >= 0.6 is 0 Å². The second-order valence-corrected chi connectivity index (χ2v) is 9.01. The third kappa shape index (κ3) is 3.89. The normalized spacial score (nSPS) is 14.8. The number of benzene rings is 2. The van der Waals surface area contributed by atoms with Crippen molar-refractivity contribution < 1.29 is 0 Å². The quantitative estimate of drug-likeness (QED) is 0.354. The Kier molecular flexibility index (Phi) is 5.11. The van der Waals surface area contributed by atoms with Crippen LogP contribution < -0.4 is 0 Å². The molecule has 4 heterocycles. The van der Waals surface area contributed by atoms with Crippen molar-refractivity contribution in [2.75, 3.05) is 13.1 Å². The molecular weight excluding hydrogens is 406 g/mol. The number of hydrogen-bond acceptors (Lipinski definition) is 4. The van der Waals surface area contributed by atoms with Crippen LogP contribution in [0.4, 0.5) is 0 Å². The van der Waals surface area contributed by atoms with Crippen molar-refractivity contribution in [2.45, 2.75) is 32.7 Å². The molecule has 33 heavy (non-hydrogen) atoms. The lowest BCUT2D eigenvalue weighted by Crippen LogP contribution is -2.28. The summed E-state index contributed by atoms with van der Waals surface area (Å²) in [7, 11) is 0. The molecule has 1 aliphatic heterocycles. The number of nitrogens with zero attached hydrogens (tertiary/aromatic N) is 5. The molecule has 3 aromatic heterocycles. The van der Waals surface area contributed by atoms with Crippen LogP contribution in [-0.4, -0.2) is 37.6 Å². The van der Waals surface area contributed by atoms with Crippen LogP contribution in [0, 0.1) is 6.92 Å². The Hall–Kier alpha value is -3.57. The van der Waals surface area contributed by atoms with E-state index in [0.29, 0.717) is 0 Å². The molecule has 6 rings (SSSR count). The molecule has 0 spiro atoms. The third-order valence-electron chi connectivity index (χ3n) is 6.55. The van der Waals surface area contributed by atoms with Gasteiger partial charge in [-0.2, -0.15) is 9.61 Å². The second kappa shape index (κ2) is 8.41. The summed E-state index contributed by atoms with van der Waals surface area (Å²) < 4.78 is 1.85. The summed E-state index contributed by atoms with van der Waals surface area (Å²) in [5.74, 6) is 0. The van der Waals surface area contributed by atoms with Crippen LogP contribution in [0.15, 0.2) is 72.9 Å². The van der Waals surface area contributed by atoms with Crippen molar-refractivity contribution in [3.05, 3.63) is 84.2 Å². The summed E-state index contributed by atoms with van der Waals surface area (Å²) in [6, 6.07) is 23.6. The minimum atomic E-state index is 0.822. The number of pyridine rings is 1. The maximum absolute atomic E-state index is 5.16. The molecule has 0 atom stereocenters. The molecule has 1 aliphatic rings. The lowest BCUT2D eigenvalue weighted by atomic mass is 9.97. The van der Waals surface area contributed by atoms with Gasteiger partial charge in [0.25, 0.3) is 0 Å². The Morgan fingerprint density at radius 2 is 1.64 bits per heavy atom. The van der Waals surface area contributed by atoms with Crippen molar-refractivity contribution in [3.63, 3.8) is 0 Å². The van der Waals surface area contributed by atoms with Gasteiger partial charge < -0.3 is 0 Å². The first-order chi connectivity index (χ1) is 16.2. The first-order valence-electron chi connectivity index (χ1n) is 11.8. The van der Waals surface area contributed by atoms with Gasteiger partial charge in [0, 0.05) is 35.3 Å². The Labute approximate surface area is 193 Å². The molecule has 5 heteroatoms. The minimum Gasteiger partial charge on any atom is -0.299 e. The highest BCUT2D eigenvalue weighted by Crippen LogP contribution is 2.33. The van der Waals surface area contributed by atoms with Gasteiger partial charge in [-0.3, -0.25) is 4.90 Å². The van der Waals surface area contributed by atoms with E-state index in [-0.39, 0.29) is 0 Å². The van der Waals surface area contributed by atoms with Crippen molar-refractivity contribution in [1.29, 1.82) is 0 Å². The first kappa shape index (κ1) is 20.1. The van der Waals surface area contributed by atoms with E-state index < -0.39 is 0 Å². The minimum absolute atomic E-state index is 0.822. The molecule has 0 amide bonds. The van der Waals surface area contributed by atoms with Crippen molar-refractivity contribution in [2.24, 2.45) is 0 Å². The average molecular weight is 434 g/mol. The van der Waals surface area contributed by atoms with Gasteiger partial charge in [0.15, 0.2) is 11.3 Å². The Bertz CT molecular complexity index is 1410. The maximum Gasteiger partial charge on any atom is 0.165 e. The van der Waals surface area contributed by atoms with E-state index in [4.69, 9.17) is 4.98 Å². The SMILES string of the molecule is Cc1cc2ncc3cc(-c4ccccc4)c(-c4ccc(CN5CCCCC5)cc4)nc3n2n1. The summed E-state index contributed by atoms with van der Waals surface area (Å²) in [5, 5.41) is 5.63. The molecule has 0 unspecified atom stereocenters.